The van der Waals surface area contributed by atoms with E-state index in [1.165, 1.54) is 0 Å². The van der Waals surface area contributed by atoms with Gasteiger partial charge in [-0.1, -0.05) is 24.3 Å². The van der Waals surface area contributed by atoms with Crippen molar-refractivity contribution in [2.75, 3.05) is 0 Å². The van der Waals surface area contributed by atoms with Crippen LogP contribution in [0.3, 0.4) is 0 Å². The lowest BCUT2D eigenvalue weighted by Gasteiger charge is -2.14. The van der Waals surface area contributed by atoms with Crippen molar-refractivity contribution in [3.05, 3.63) is 99.4 Å². The third-order valence-corrected chi connectivity index (χ3v) is 5.74. The number of aromatic nitrogens is 2. The molecule has 0 spiro atoms. The van der Waals surface area contributed by atoms with E-state index < -0.39 is 0 Å². The minimum atomic E-state index is 0.592. The van der Waals surface area contributed by atoms with Gasteiger partial charge in [0.2, 0.25) is 0 Å². The molecular formula is C28H28N4+2. The van der Waals surface area contributed by atoms with Gasteiger partial charge in [-0.3, -0.25) is 0 Å². The van der Waals surface area contributed by atoms with Crippen molar-refractivity contribution in [2.45, 2.75) is 40.8 Å². The van der Waals surface area contributed by atoms with E-state index in [1.807, 2.05) is 87.2 Å². The Kier molecular flexibility index (Phi) is 7.32. The third-order valence-electron chi connectivity index (χ3n) is 5.74. The van der Waals surface area contributed by atoms with Crippen molar-refractivity contribution in [1.29, 1.82) is 5.26 Å². The molecule has 0 bridgehead atoms. The predicted octanol–water partition coefficient (Wildman–Crippen LogP) is 5.68. The normalized spacial score (nSPS) is 11.1. The summed E-state index contributed by atoms with van der Waals surface area (Å²) in [5.74, 6) is 0. The van der Waals surface area contributed by atoms with Crippen molar-refractivity contribution < 1.29 is 9.13 Å². The van der Waals surface area contributed by atoms with E-state index in [1.54, 1.807) is 0 Å². The van der Waals surface area contributed by atoms with Crippen LogP contribution in [0.2, 0.25) is 0 Å². The zero-order valence-corrected chi connectivity index (χ0v) is 19.1. The lowest BCUT2D eigenvalue weighted by Crippen LogP contribution is -2.30. The summed E-state index contributed by atoms with van der Waals surface area (Å²) in [7, 11) is 0. The molecule has 2 heterocycles. The highest BCUT2D eigenvalue weighted by Gasteiger charge is 2.17. The number of pyridine rings is 2. The molecule has 0 amide bonds. The van der Waals surface area contributed by atoms with Gasteiger partial charge in [0, 0.05) is 24.3 Å². The zero-order valence-electron chi connectivity index (χ0n) is 19.1. The van der Waals surface area contributed by atoms with Crippen LogP contribution in [0.15, 0.2) is 49.1 Å². The summed E-state index contributed by atoms with van der Waals surface area (Å²) in [6.45, 7) is 17.7. The first-order valence-electron chi connectivity index (χ1n) is 10.8. The molecular weight excluding hydrogens is 392 g/mol. The largest absolute Gasteiger partial charge is 0.237 e. The lowest BCUT2D eigenvalue weighted by molar-refractivity contribution is -0.693. The first-order chi connectivity index (χ1) is 15.5. The molecule has 0 saturated carbocycles. The summed E-state index contributed by atoms with van der Waals surface area (Å²) >= 11 is 0. The molecule has 4 nitrogen and oxygen atoms in total. The molecule has 0 saturated heterocycles. The van der Waals surface area contributed by atoms with E-state index in [9.17, 15) is 5.26 Å². The molecule has 1 aromatic carbocycles. The molecule has 158 valence electrons. The number of rotatable bonds is 6. The predicted molar refractivity (Wildman–Crippen MR) is 129 cm³/mol. The van der Waals surface area contributed by atoms with Crippen LogP contribution < -0.4 is 9.13 Å². The number of hydrogen-bond acceptors (Lipinski definition) is 1. The Morgan fingerprint density at radius 1 is 0.812 bits per heavy atom. The molecule has 0 atom stereocenters. The molecule has 0 aliphatic rings. The monoisotopic (exact) mass is 420 g/mol. The minimum Gasteiger partial charge on any atom is -0.237 e. The quantitative estimate of drug-likeness (QED) is 0.373. The maximum Gasteiger partial charge on any atom is 0.198 e. The van der Waals surface area contributed by atoms with Gasteiger partial charge in [-0.05, 0) is 61.1 Å². The highest BCUT2D eigenvalue weighted by Crippen LogP contribution is 2.36. The van der Waals surface area contributed by atoms with Gasteiger partial charge in [-0.25, -0.2) is 14.0 Å². The number of nitrogens with zero attached hydrogens (tertiary/aromatic N) is 4. The van der Waals surface area contributed by atoms with Crippen LogP contribution in [0.25, 0.3) is 29.1 Å². The molecule has 0 aliphatic heterocycles. The average Bonchev–Trinajstić information content (AvgIpc) is 2.83. The first kappa shape index (κ1) is 22.7. The zero-order chi connectivity index (χ0) is 23.1. The summed E-state index contributed by atoms with van der Waals surface area (Å²) < 4.78 is 4.20. The van der Waals surface area contributed by atoms with Crippen molar-refractivity contribution in [3.63, 3.8) is 0 Å². The van der Waals surface area contributed by atoms with Crippen LogP contribution in [0.1, 0.15) is 52.8 Å². The fourth-order valence-corrected chi connectivity index (χ4v) is 3.67. The molecule has 0 N–H and O–H groups in total. The summed E-state index contributed by atoms with van der Waals surface area (Å²) in [6, 6.07) is 10.5. The number of nitriles is 1. The Hall–Kier alpha value is -4.02. The topological polar surface area (TPSA) is 35.9 Å². The van der Waals surface area contributed by atoms with E-state index in [2.05, 4.69) is 33.9 Å². The minimum absolute atomic E-state index is 0.592. The van der Waals surface area contributed by atoms with Crippen LogP contribution in [0, 0.1) is 31.8 Å². The molecule has 3 rings (SSSR count). The molecule has 0 fully saturated rings. The van der Waals surface area contributed by atoms with Crippen molar-refractivity contribution in [2.24, 2.45) is 0 Å². The van der Waals surface area contributed by atoms with E-state index in [4.69, 9.17) is 6.57 Å². The van der Waals surface area contributed by atoms with Crippen molar-refractivity contribution in [3.8, 4) is 6.07 Å². The van der Waals surface area contributed by atoms with Crippen molar-refractivity contribution in [1.82, 2.24) is 0 Å². The third kappa shape index (κ3) is 4.82. The van der Waals surface area contributed by atoms with Gasteiger partial charge in [0.25, 0.3) is 0 Å². The first-order valence-corrected chi connectivity index (χ1v) is 10.8. The second-order valence-electron chi connectivity index (χ2n) is 7.62. The SMILES string of the molecule is [C-]#[N+]c1c(C)c(/C=C/c2cc[n+](CC)cc2)c(C#N)c(C)c1/C=C/c1cc[n+](CC)cc1. The van der Waals surface area contributed by atoms with Crippen LogP contribution >= 0.6 is 0 Å². The Bertz CT molecular complexity index is 1150. The van der Waals surface area contributed by atoms with E-state index in [0.29, 0.717) is 11.3 Å². The molecule has 0 aliphatic carbocycles. The maximum atomic E-state index is 9.93. The molecule has 2 aromatic heterocycles. The fraction of sp³-hybridized carbons (Fsp3) is 0.214. The second-order valence-corrected chi connectivity index (χ2v) is 7.62. The highest BCUT2D eigenvalue weighted by molar-refractivity contribution is 5.87. The van der Waals surface area contributed by atoms with Crippen LogP contribution in [-0.4, -0.2) is 0 Å². The Labute approximate surface area is 190 Å². The fourth-order valence-electron chi connectivity index (χ4n) is 3.67. The molecule has 4 heteroatoms. The summed E-state index contributed by atoms with van der Waals surface area (Å²) in [6.07, 6.45) is 16.0. The molecule has 3 aromatic rings. The van der Waals surface area contributed by atoms with Gasteiger partial charge in [0.15, 0.2) is 30.5 Å². The Balaban J connectivity index is 2.04. The smallest absolute Gasteiger partial charge is 0.198 e. The standard InChI is InChI=1S/C28H28N4/c1-6-31-16-12-23(13-17-31)8-10-25-22(4)28(30-5)26(21(3)27(25)20-29)11-9-24-14-18-32(7-2)19-15-24/h8-19H,6-7H2,1-4H3/q+2/b10-8+,11-9+. The molecule has 0 radical (unpaired) electrons. The van der Waals surface area contributed by atoms with Gasteiger partial charge in [-0.2, -0.15) is 5.26 Å². The van der Waals surface area contributed by atoms with E-state index in [-0.39, 0.29) is 0 Å². The number of hydrogen-bond donors (Lipinski definition) is 0. The Morgan fingerprint density at radius 2 is 1.28 bits per heavy atom. The van der Waals surface area contributed by atoms with Gasteiger partial charge in [0.1, 0.15) is 13.1 Å². The average molecular weight is 421 g/mol. The van der Waals surface area contributed by atoms with Gasteiger partial charge < -0.3 is 0 Å². The summed E-state index contributed by atoms with van der Waals surface area (Å²) in [5.41, 5.74) is 6.59. The summed E-state index contributed by atoms with van der Waals surface area (Å²) in [4.78, 5) is 3.83. The Morgan fingerprint density at radius 3 is 1.69 bits per heavy atom. The van der Waals surface area contributed by atoms with Crippen LogP contribution in [-0.2, 0) is 13.1 Å². The maximum absolute atomic E-state index is 9.93. The lowest BCUT2D eigenvalue weighted by atomic mass is 9.90. The number of aryl methyl sites for hydroxylation is 2. The van der Waals surface area contributed by atoms with Crippen LogP contribution in [0.4, 0.5) is 5.69 Å². The molecule has 0 unspecified atom stereocenters. The van der Waals surface area contributed by atoms with Gasteiger partial charge >= 0.3 is 0 Å². The molecule has 32 heavy (non-hydrogen) atoms. The van der Waals surface area contributed by atoms with Crippen molar-refractivity contribution >= 4 is 30.0 Å². The highest BCUT2D eigenvalue weighted by atomic mass is 14.9. The second kappa shape index (κ2) is 10.3. The van der Waals surface area contributed by atoms with E-state index in [0.717, 1.165) is 46.5 Å². The van der Waals surface area contributed by atoms with Gasteiger partial charge in [-0.15, -0.1) is 0 Å². The summed E-state index contributed by atoms with van der Waals surface area (Å²) in [5, 5.41) is 9.93. The van der Waals surface area contributed by atoms with Crippen LogP contribution in [0.5, 0.6) is 0 Å². The number of benzene rings is 1. The van der Waals surface area contributed by atoms with Gasteiger partial charge in [0.05, 0.1) is 18.2 Å². The van der Waals surface area contributed by atoms with E-state index >= 15 is 0 Å².